The van der Waals surface area contributed by atoms with Gasteiger partial charge in [-0.15, -0.1) is 0 Å². The summed E-state index contributed by atoms with van der Waals surface area (Å²) in [6.45, 7) is 4.79. The molecule has 376 valence electrons. The molecule has 20 nitrogen and oxygen atoms in total. The van der Waals surface area contributed by atoms with Gasteiger partial charge in [0, 0.05) is 74.5 Å². The number of carbonyl (C=O) groups is 5. The molecule has 3 aromatic heterocycles. The van der Waals surface area contributed by atoms with E-state index in [0.717, 1.165) is 17.0 Å². The monoisotopic (exact) mass is 1000 g/mol. The van der Waals surface area contributed by atoms with E-state index in [1.165, 1.54) is 23.2 Å². The number of halogens is 2. The van der Waals surface area contributed by atoms with Crippen molar-refractivity contribution in [2.45, 2.75) is 57.5 Å². The minimum absolute atomic E-state index is 0.0191. The van der Waals surface area contributed by atoms with Crippen LogP contribution in [0.1, 0.15) is 66.2 Å². The van der Waals surface area contributed by atoms with Crippen LogP contribution in [0.5, 0.6) is 0 Å². The minimum Gasteiger partial charge on any atom is -0.382 e. The van der Waals surface area contributed by atoms with Gasteiger partial charge in [0.25, 0.3) is 11.8 Å². The number of hydrogen-bond acceptors (Lipinski definition) is 15. The highest BCUT2D eigenvalue weighted by Crippen LogP contribution is 2.37. The van der Waals surface area contributed by atoms with Crippen LogP contribution in [0.15, 0.2) is 67.4 Å². The Morgan fingerprint density at radius 3 is 2.31 bits per heavy atom. The first-order valence-electron chi connectivity index (χ1n) is 23.3. The lowest BCUT2D eigenvalue weighted by Crippen LogP contribution is -2.54. The number of pyridine rings is 1. The number of likely N-dealkylation sites (tertiary alicyclic amines) is 1. The Labute approximate surface area is 408 Å². The zero-order chi connectivity index (χ0) is 50.2. The van der Waals surface area contributed by atoms with Crippen molar-refractivity contribution in [2.75, 3.05) is 87.0 Å². The van der Waals surface area contributed by atoms with Crippen molar-refractivity contribution in [1.82, 2.24) is 34.6 Å². The van der Waals surface area contributed by atoms with Crippen LogP contribution < -0.4 is 20.3 Å². The highest BCUT2D eigenvalue weighted by Gasteiger charge is 2.45. The van der Waals surface area contributed by atoms with Gasteiger partial charge in [-0.05, 0) is 62.1 Å². The summed E-state index contributed by atoms with van der Waals surface area (Å²) in [5.74, 6) is -3.91. The average Bonchev–Trinajstić information content (AvgIpc) is 3.86. The Balaban J connectivity index is 0.752. The van der Waals surface area contributed by atoms with E-state index in [1.807, 2.05) is 16.8 Å². The van der Waals surface area contributed by atoms with E-state index in [2.05, 4.69) is 25.3 Å². The van der Waals surface area contributed by atoms with Gasteiger partial charge < -0.3 is 33.9 Å². The van der Waals surface area contributed by atoms with Crippen molar-refractivity contribution in [2.24, 2.45) is 0 Å². The molecule has 23 heteroatoms. The van der Waals surface area contributed by atoms with Crippen LogP contribution >= 0.6 is 0 Å². The van der Waals surface area contributed by atoms with Gasteiger partial charge in [-0.3, -0.25) is 38.9 Å². The SMILES string of the molecule is CCCS(=O)(=O)Nc1ccc(F)c(-n2cc(-c3cncnc3)c3nc(N(C)C4CCN(C(=O)CCOCCOCCOCCNc5cccc6c5C(=O)N(C5CCC(=O)NC5=O)C6=O)CC4)ccc32)c1F. The third-order valence-corrected chi connectivity index (χ3v) is 14.0. The molecule has 2 saturated heterocycles. The standard InChI is InChI=1S/C48H54F2N10O10S/c1-3-25-71(66,67)56-36-8-7-34(49)45(43(36)50)59-28-33(30-26-51-29-52-27-30)44-37(59)9-11-39(54-44)57(2)31-13-17-58(18-14-31)41(62)15-19-68-21-23-70-24-22-69-20-16-53-35-6-4-5-32-42(35)48(65)60(47(32)64)38-10-12-40(61)55-46(38)63/h4-9,11,26-29,31,38,53,56H,3,10,12-25H2,1-2H3,(H,55,61,63). The molecule has 0 aliphatic carbocycles. The van der Waals surface area contributed by atoms with E-state index in [9.17, 15) is 32.4 Å². The van der Waals surface area contributed by atoms with Crippen LogP contribution in [-0.2, 0) is 38.6 Å². The highest BCUT2D eigenvalue weighted by atomic mass is 32.2. The zero-order valence-corrected chi connectivity index (χ0v) is 40.0. The number of sulfonamides is 1. The summed E-state index contributed by atoms with van der Waals surface area (Å²) in [7, 11) is -1.96. The van der Waals surface area contributed by atoms with Crippen molar-refractivity contribution in [3.05, 3.63) is 90.1 Å². The number of imide groups is 2. The number of anilines is 3. The van der Waals surface area contributed by atoms with Crippen LogP contribution in [0.4, 0.5) is 26.0 Å². The second-order valence-corrected chi connectivity index (χ2v) is 19.0. The number of hydrogen-bond donors (Lipinski definition) is 3. The second-order valence-electron chi connectivity index (χ2n) is 17.2. The Hall–Kier alpha value is -6.95. The molecule has 6 heterocycles. The Bertz CT molecular complexity index is 2920. The first kappa shape index (κ1) is 50.4. The predicted octanol–water partition coefficient (Wildman–Crippen LogP) is 4.29. The summed E-state index contributed by atoms with van der Waals surface area (Å²) in [6.07, 6.45) is 8.02. The van der Waals surface area contributed by atoms with Gasteiger partial charge in [0.1, 0.15) is 29.7 Å². The van der Waals surface area contributed by atoms with Gasteiger partial charge in [0.2, 0.25) is 27.7 Å². The zero-order valence-electron chi connectivity index (χ0n) is 39.2. The molecule has 3 N–H and O–H groups in total. The highest BCUT2D eigenvalue weighted by molar-refractivity contribution is 7.92. The lowest BCUT2D eigenvalue weighted by molar-refractivity contribution is -0.136. The number of aromatic nitrogens is 4. The lowest BCUT2D eigenvalue weighted by atomic mass is 10.0. The molecule has 71 heavy (non-hydrogen) atoms. The van der Waals surface area contributed by atoms with Crippen LogP contribution in [0.2, 0.25) is 0 Å². The summed E-state index contributed by atoms with van der Waals surface area (Å²) < 4.78 is 77.1. The van der Waals surface area contributed by atoms with Gasteiger partial charge in [-0.25, -0.2) is 32.2 Å². The van der Waals surface area contributed by atoms with E-state index in [0.29, 0.717) is 99.0 Å². The topological polar surface area (TPSA) is 237 Å². The van der Waals surface area contributed by atoms with E-state index in [1.54, 1.807) is 43.6 Å². The number of benzene rings is 2. The molecule has 5 amide bonds. The summed E-state index contributed by atoms with van der Waals surface area (Å²) in [5, 5.41) is 5.32. The largest absolute Gasteiger partial charge is 0.382 e. The van der Waals surface area contributed by atoms with E-state index in [-0.39, 0.29) is 67.0 Å². The van der Waals surface area contributed by atoms with E-state index < -0.39 is 57.0 Å². The number of rotatable bonds is 22. The van der Waals surface area contributed by atoms with Gasteiger partial charge in [0.05, 0.1) is 79.7 Å². The molecule has 0 saturated carbocycles. The molecule has 0 bridgehead atoms. The summed E-state index contributed by atoms with van der Waals surface area (Å²) in [5.41, 5.74) is 1.81. The van der Waals surface area contributed by atoms with Gasteiger partial charge in [-0.1, -0.05) is 13.0 Å². The first-order valence-corrected chi connectivity index (χ1v) is 25.0. The van der Waals surface area contributed by atoms with Gasteiger partial charge in [0.15, 0.2) is 5.82 Å². The number of fused-ring (bicyclic) bond motifs is 2. The number of nitrogens with one attached hydrogen (secondary N) is 3. The fourth-order valence-electron chi connectivity index (χ4n) is 8.92. The van der Waals surface area contributed by atoms with Crippen LogP contribution in [0.3, 0.4) is 0 Å². The predicted molar refractivity (Wildman–Crippen MR) is 256 cm³/mol. The molecule has 5 aromatic rings. The molecular formula is C48H54F2N10O10S. The first-order chi connectivity index (χ1) is 34.3. The molecule has 3 aliphatic rings. The van der Waals surface area contributed by atoms with Crippen molar-refractivity contribution in [3.8, 4) is 16.8 Å². The number of amides is 5. The van der Waals surface area contributed by atoms with Crippen molar-refractivity contribution >= 4 is 67.8 Å². The maximum atomic E-state index is 16.1. The van der Waals surface area contributed by atoms with Crippen LogP contribution in [0, 0.1) is 11.6 Å². The average molecular weight is 1000 g/mol. The van der Waals surface area contributed by atoms with Crippen LogP contribution in [0.25, 0.3) is 27.8 Å². The fraction of sp³-hybridized carbons (Fsp3) is 0.417. The minimum atomic E-state index is -3.87. The summed E-state index contributed by atoms with van der Waals surface area (Å²) in [6, 6.07) is 9.38. The normalized spacial score (nSPS) is 16.4. The fourth-order valence-corrected chi connectivity index (χ4v) is 10.1. The van der Waals surface area contributed by atoms with Gasteiger partial charge >= 0.3 is 0 Å². The molecule has 3 aliphatic heterocycles. The Morgan fingerprint density at radius 1 is 0.873 bits per heavy atom. The van der Waals surface area contributed by atoms with Crippen LogP contribution in [-0.4, -0.2) is 151 Å². The maximum absolute atomic E-state index is 16.1. The maximum Gasteiger partial charge on any atom is 0.264 e. The number of ether oxygens (including phenoxy) is 3. The quantitative estimate of drug-likeness (QED) is 0.0648. The van der Waals surface area contributed by atoms with E-state index in [4.69, 9.17) is 19.2 Å². The van der Waals surface area contributed by atoms with Gasteiger partial charge in [-0.2, -0.15) is 0 Å². The molecule has 8 rings (SSSR count). The summed E-state index contributed by atoms with van der Waals surface area (Å²) >= 11 is 0. The molecule has 0 spiro atoms. The Morgan fingerprint density at radius 2 is 1.59 bits per heavy atom. The molecule has 2 aromatic carbocycles. The molecule has 1 atom stereocenters. The van der Waals surface area contributed by atoms with Crippen molar-refractivity contribution in [1.29, 1.82) is 0 Å². The third-order valence-electron chi connectivity index (χ3n) is 12.5. The number of nitrogens with zero attached hydrogens (tertiary/aromatic N) is 7. The smallest absolute Gasteiger partial charge is 0.264 e. The lowest BCUT2D eigenvalue weighted by Gasteiger charge is -2.37. The number of piperidine rings is 2. The number of carbonyl (C=O) groups excluding carboxylic acids is 5. The van der Waals surface area contributed by atoms with E-state index >= 15 is 8.78 Å². The second kappa shape index (κ2) is 22.4. The Kier molecular flexibility index (Phi) is 15.9. The van der Waals surface area contributed by atoms with Crippen molar-refractivity contribution in [3.63, 3.8) is 0 Å². The third kappa shape index (κ3) is 11.3. The summed E-state index contributed by atoms with van der Waals surface area (Å²) in [4.78, 5) is 81.4. The van der Waals surface area contributed by atoms with Crippen molar-refractivity contribution < 1.29 is 55.4 Å². The molecular weight excluding hydrogens is 947 g/mol. The molecule has 1 unspecified atom stereocenters. The molecule has 2 fully saturated rings. The molecule has 0 radical (unpaired) electrons.